The van der Waals surface area contributed by atoms with Crippen LogP contribution in [0.15, 0.2) is 42.5 Å². The van der Waals surface area contributed by atoms with Gasteiger partial charge in [-0.05, 0) is 24.8 Å². The monoisotopic (exact) mass is 272 g/mol. The average Bonchev–Trinajstić information content (AvgIpc) is 2.52. The molecule has 1 aliphatic rings. The zero-order valence-electron chi connectivity index (χ0n) is 11.5. The summed E-state index contributed by atoms with van der Waals surface area (Å²) in [7, 11) is 0. The highest BCUT2D eigenvalue weighted by Crippen LogP contribution is 2.08. The van der Waals surface area contributed by atoms with E-state index in [0.29, 0.717) is 6.54 Å². The first-order valence-electron chi connectivity index (χ1n) is 7.04. The van der Waals surface area contributed by atoms with Gasteiger partial charge in [0.25, 0.3) is 0 Å². The number of likely N-dealkylation sites (tertiary alicyclic amines) is 1. The number of amides is 2. The van der Waals surface area contributed by atoms with E-state index in [4.69, 9.17) is 0 Å². The Morgan fingerprint density at radius 2 is 1.75 bits per heavy atom. The van der Waals surface area contributed by atoms with E-state index >= 15 is 0 Å². The minimum absolute atomic E-state index is 0.0699. The molecule has 0 unspecified atom stereocenters. The Labute approximate surface area is 119 Å². The summed E-state index contributed by atoms with van der Waals surface area (Å²) in [6, 6.07) is 9.68. The Kier molecular flexibility index (Phi) is 5.35. The third-order valence-electron chi connectivity index (χ3n) is 3.35. The molecule has 106 valence electrons. The molecule has 1 aliphatic heterocycles. The van der Waals surface area contributed by atoms with Crippen LogP contribution in [0.1, 0.15) is 24.8 Å². The molecule has 0 aromatic heterocycles. The fourth-order valence-corrected chi connectivity index (χ4v) is 2.21. The predicted molar refractivity (Wildman–Crippen MR) is 77.9 cm³/mol. The molecule has 2 amide bonds. The Balaban J connectivity index is 1.75. The molecule has 20 heavy (non-hydrogen) atoms. The lowest BCUT2D eigenvalue weighted by molar-refractivity contribution is -0.127. The van der Waals surface area contributed by atoms with Crippen LogP contribution in [0.25, 0.3) is 0 Å². The van der Waals surface area contributed by atoms with E-state index in [9.17, 15) is 9.59 Å². The van der Waals surface area contributed by atoms with Crippen LogP contribution in [0, 0.1) is 0 Å². The van der Waals surface area contributed by atoms with Gasteiger partial charge in [-0.2, -0.15) is 0 Å². The third-order valence-corrected chi connectivity index (χ3v) is 3.35. The number of hydrogen-bond donors (Lipinski definition) is 1. The molecule has 1 saturated heterocycles. The van der Waals surface area contributed by atoms with Gasteiger partial charge in [-0.25, -0.2) is 0 Å². The van der Waals surface area contributed by atoms with Gasteiger partial charge < -0.3 is 10.2 Å². The lowest BCUT2D eigenvalue weighted by Gasteiger charge is -2.25. The zero-order valence-corrected chi connectivity index (χ0v) is 11.5. The maximum absolute atomic E-state index is 11.8. The SMILES string of the molecule is O=C(C=CC(=O)N1CCCCC1)NCc1ccccc1. The summed E-state index contributed by atoms with van der Waals surface area (Å²) in [6.07, 6.45) is 5.98. The molecule has 1 N–H and O–H groups in total. The van der Waals surface area contributed by atoms with Crippen molar-refractivity contribution in [1.29, 1.82) is 0 Å². The number of nitrogens with zero attached hydrogens (tertiary/aromatic N) is 1. The molecule has 0 spiro atoms. The van der Waals surface area contributed by atoms with E-state index in [1.165, 1.54) is 18.6 Å². The van der Waals surface area contributed by atoms with Crippen molar-refractivity contribution in [3.63, 3.8) is 0 Å². The van der Waals surface area contributed by atoms with Gasteiger partial charge in [0.05, 0.1) is 0 Å². The van der Waals surface area contributed by atoms with Crippen LogP contribution in [0.5, 0.6) is 0 Å². The van der Waals surface area contributed by atoms with Gasteiger partial charge in [0.15, 0.2) is 0 Å². The van der Waals surface area contributed by atoms with Crippen LogP contribution in [0.3, 0.4) is 0 Å². The highest BCUT2D eigenvalue weighted by atomic mass is 16.2. The van der Waals surface area contributed by atoms with Gasteiger partial charge in [-0.15, -0.1) is 0 Å². The van der Waals surface area contributed by atoms with Crippen molar-refractivity contribution >= 4 is 11.8 Å². The van der Waals surface area contributed by atoms with E-state index < -0.39 is 0 Å². The Morgan fingerprint density at radius 1 is 1.05 bits per heavy atom. The summed E-state index contributed by atoms with van der Waals surface area (Å²) in [4.78, 5) is 25.3. The number of benzene rings is 1. The molecule has 1 heterocycles. The van der Waals surface area contributed by atoms with Crippen molar-refractivity contribution in [3.05, 3.63) is 48.0 Å². The largest absolute Gasteiger partial charge is 0.348 e. The second-order valence-electron chi connectivity index (χ2n) is 4.92. The van der Waals surface area contributed by atoms with Crippen LogP contribution in [-0.4, -0.2) is 29.8 Å². The lowest BCUT2D eigenvalue weighted by atomic mass is 10.1. The Hall–Kier alpha value is -2.10. The van der Waals surface area contributed by atoms with Gasteiger partial charge in [0.1, 0.15) is 0 Å². The zero-order chi connectivity index (χ0) is 14.2. The molecule has 0 saturated carbocycles. The van der Waals surface area contributed by atoms with E-state index in [2.05, 4.69) is 5.32 Å². The number of rotatable bonds is 4. The number of nitrogens with one attached hydrogen (secondary N) is 1. The van der Waals surface area contributed by atoms with E-state index in [-0.39, 0.29) is 11.8 Å². The number of hydrogen-bond acceptors (Lipinski definition) is 2. The molecule has 4 nitrogen and oxygen atoms in total. The summed E-state index contributed by atoms with van der Waals surface area (Å²) in [5.41, 5.74) is 1.04. The molecule has 1 aromatic carbocycles. The van der Waals surface area contributed by atoms with Crippen molar-refractivity contribution in [3.8, 4) is 0 Å². The summed E-state index contributed by atoms with van der Waals surface area (Å²) in [6.45, 7) is 2.07. The molecule has 0 radical (unpaired) electrons. The van der Waals surface area contributed by atoms with Crippen molar-refractivity contribution in [1.82, 2.24) is 10.2 Å². The first kappa shape index (κ1) is 14.3. The maximum atomic E-state index is 11.8. The smallest absolute Gasteiger partial charge is 0.246 e. The molecule has 1 aromatic rings. The number of carbonyl (C=O) groups is 2. The minimum Gasteiger partial charge on any atom is -0.348 e. The lowest BCUT2D eigenvalue weighted by Crippen LogP contribution is -2.34. The van der Waals surface area contributed by atoms with Crippen molar-refractivity contribution in [2.45, 2.75) is 25.8 Å². The average molecular weight is 272 g/mol. The first-order valence-corrected chi connectivity index (χ1v) is 7.04. The fourth-order valence-electron chi connectivity index (χ4n) is 2.21. The van der Waals surface area contributed by atoms with Gasteiger partial charge in [-0.1, -0.05) is 30.3 Å². The van der Waals surface area contributed by atoms with Gasteiger partial charge in [-0.3, -0.25) is 9.59 Å². The normalized spacial score (nSPS) is 15.3. The molecule has 4 heteroatoms. The second-order valence-corrected chi connectivity index (χ2v) is 4.92. The predicted octanol–water partition coefficient (Wildman–Crippen LogP) is 1.87. The van der Waals surface area contributed by atoms with Crippen molar-refractivity contribution in [2.75, 3.05) is 13.1 Å². The summed E-state index contributed by atoms with van der Waals surface area (Å²) in [5, 5.41) is 2.76. The Morgan fingerprint density at radius 3 is 2.45 bits per heavy atom. The molecule has 0 bridgehead atoms. The molecule has 0 aliphatic carbocycles. The fraction of sp³-hybridized carbons (Fsp3) is 0.375. The molecular weight excluding hydrogens is 252 g/mol. The maximum Gasteiger partial charge on any atom is 0.246 e. The van der Waals surface area contributed by atoms with Crippen LogP contribution in [0.2, 0.25) is 0 Å². The van der Waals surface area contributed by atoms with E-state index in [1.54, 1.807) is 4.90 Å². The minimum atomic E-state index is -0.237. The highest BCUT2D eigenvalue weighted by molar-refractivity contribution is 5.96. The van der Waals surface area contributed by atoms with E-state index in [1.807, 2.05) is 30.3 Å². The van der Waals surface area contributed by atoms with Crippen molar-refractivity contribution < 1.29 is 9.59 Å². The molecule has 2 rings (SSSR count). The van der Waals surface area contributed by atoms with Gasteiger partial charge >= 0.3 is 0 Å². The van der Waals surface area contributed by atoms with Gasteiger partial charge in [0, 0.05) is 31.8 Å². The molecule has 0 atom stereocenters. The summed E-state index contributed by atoms with van der Waals surface area (Å²) < 4.78 is 0. The number of piperidine rings is 1. The summed E-state index contributed by atoms with van der Waals surface area (Å²) in [5.74, 6) is -0.307. The highest BCUT2D eigenvalue weighted by Gasteiger charge is 2.13. The molecular formula is C16H20N2O2. The van der Waals surface area contributed by atoms with E-state index in [0.717, 1.165) is 31.5 Å². The van der Waals surface area contributed by atoms with Gasteiger partial charge in [0.2, 0.25) is 11.8 Å². The standard InChI is InChI=1S/C16H20N2O2/c19-15(17-13-14-7-3-1-4-8-14)9-10-16(20)18-11-5-2-6-12-18/h1,3-4,7-10H,2,5-6,11-13H2,(H,17,19). The third kappa shape index (κ3) is 4.53. The summed E-state index contributed by atoms with van der Waals surface area (Å²) >= 11 is 0. The Bertz CT molecular complexity index is 477. The first-order chi connectivity index (χ1) is 9.75. The quantitative estimate of drug-likeness (QED) is 0.851. The van der Waals surface area contributed by atoms with Crippen LogP contribution in [-0.2, 0) is 16.1 Å². The van der Waals surface area contributed by atoms with Crippen LogP contribution >= 0.6 is 0 Å². The topological polar surface area (TPSA) is 49.4 Å². The number of carbonyl (C=O) groups excluding carboxylic acids is 2. The van der Waals surface area contributed by atoms with Crippen LogP contribution in [0.4, 0.5) is 0 Å². The second kappa shape index (κ2) is 7.48. The van der Waals surface area contributed by atoms with Crippen molar-refractivity contribution in [2.24, 2.45) is 0 Å². The van der Waals surface area contributed by atoms with Crippen LogP contribution < -0.4 is 5.32 Å². The molecule has 1 fully saturated rings.